The summed E-state index contributed by atoms with van der Waals surface area (Å²) < 4.78 is 10.4. The molecule has 1 heterocycles. The Morgan fingerprint density at radius 3 is 2.70 bits per heavy atom. The molecule has 1 fully saturated rings. The Morgan fingerprint density at radius 2 is 2.00 bits per heavy atom. The molecule has 20 heavy (non-hydrogen) atoms. The number of rotatable bonds is 8. The summed E-state index contributed by atoms with van der Waals surface area (Å²) in [7, 11) is 3.58. The number of hydrogen-bond donors (Lipinski definition) is 1. The molecule has 0 amide bonds. The molecule has 1 aromatic heterocycles. The number of anilines is 1. The minimum Gasteiger partial charge on any atom is -0.382 e. The Bertz CT molecular complexity index is 406. The van der Waals surface area contributed by atoms with Crippen molar-refractivity contribution in [1.29, 1.82) is 0 Å². The van der Waals surface area contributed by atoms with Gasteiger partial charge in [-0.1, -0.05) is 12.8 Å². The van der Waals surface area contributed by atoms with Crippen molar-refractivity contribution in [2.45, 2.75) is 38.0 Å². The molecular weight excluding hydrogens is 254 g/mol. The first-order chi connectivity index (χ1) is 9.83. The molecule has 0 bridgehead atoms. The van der Waals surface area contributed by atoms with Crippen LogP contribution in [0.5, 0.6) is 0 Å². The summed E-state index contributed by atoms with van der Waals surface area (Å²) in [6, 6.07) is 2.09. The van der Waals surface area contributed by atoms with E-state index < -0.39 is 0 Å². The van der Waals surface area contributed by atoms with E-state index in [-0.39, 0.29) is 0 Å². The molecule has 1 saturated carbocycles. The van der Waals surface area contributed by atoms with Crippen LogP contribution in [0, 0.1) is 0 Å². The predicted octanol–water partition coefficient (Wildman–Crippen LogP) is 2.38. The molecule has 1 aliphatic carbocycles. The number of nitrogens with zero attached hydrogens (tertiary/aromatic N) is 2. The van der Waals surface area contributed by atoms with Crippen molar-refractivity contribution in [3.8, 4) is 0 Å². The van der Waals surface area contributed by atoms with E-state index in [1.54, 1.807) is 7.11 Å². The zero-order valence-corrected chi connectivity index (χ0v) is 12.5. The van der Waals surface area contributed by atoms with Gasteiger partial charge in [0.1, 0.15) is 11.6 Å². The average molecular weight is 279 g/mol. The highest BCUT2D eigenvalue weighted by molar-refractivity contribution is 5.36. The lowest BCUT2D eigenvalue weighted by Gasteiger charge is -2.12. The third-order valence-electron chi connectivity index (χ3n) is 3.72. The zero-order valence-electron chi connectivity index (χ0n) is 12.5. The number of aromatic nitrogens is 2. The first-order valence-corrected chi connectivity index (χ1v) is 7.45. The van der Waals surface area contributed by atoms with E-state index in [0.29, 0.717) is 25.7 Å². The fourth-order valence-electron chi connectivity index (χ4n) is 2.60. The van der Waals surface area contributed by atoms with Gasteiger partial charge in [-0.2, -0.15) is 0 Å². The van der Waals surface area contributed by atoms with Gasteiger partial charge >= 0.3 is 0 Å². The van der Waals surface area contributed by atoms with Crippen LogP contribution in [0.4, 0.5) is 5.82 Å². The van der Waals surface area contributed by atoms with Crippen LogP contribution in [0.15, 0.2) is 6.07 Å². The summed E-state index contributed by atoms with van der Waals surface area (Å²) in [5.41, 5.74) is 1.19. The number of nitrogens with one attached hydrogen (secondary N) is 1. The topological polar surface area (TPSA) is 56.3 Å². The lowest BCUT2D eigenvalue weighted by molar-refractivity contribution is 0.0716. The molecular formula is C15H25N3O2. The van der Waals surface area contributed by atoms with Gasteiger partial charge in [-0.25, -0.2) is 9.97 Å². The molecule has 0 spiro atoms. The van der Waals surface area contributed by atoms with E-state index in [1.165, 1.54) is 31.4 Å². The lowest BCUT2D eigenvalue weighted by atomic mass is 10.0. The van der Waals surface area contributed by atoms with E-state index in [4.69, 9.17) is 14.5 Å². The maximum atomic E-state index is 5.49. The van der Waals surface area contributed by atoms with E-state index in [2.05, 4.69) is 16.4 Å². The van der Waals surface area contributed by atoms with Crippen LogP contribution >= 0.6 is 0 Å². The van der Waals surface area contributed by atoms with Gasteiger partial charge in [-0.05, 0) is 12.8 Å². The normalized spacial score (nSPS) is 15.7. The maximum absolute atomic E-state index is 5.49. The predicted molar refractivity (Wildman–Crippen MR) is 79.2 cm³/mol. The van der Waals surface area contributed by atoms with Gasteiger partial charge in [0.05, 0.1) is 19.8 Å². The van der Waals surface area contributed by atoms with Crippen molar-refractivity contribution in [3.63, 3.8) is 0 Å². The molecule has 0 saturated heterocycles. The zero-order chi connectivity index (χ0) is 14.2. The molecule has 0 atom stereocenters. The summed E-state index contributed by atoms with van der Waals surface area (Å²) >= 11 is 0. The van der Waals surface area contributed by atoms with Crippen molar-refractivity contribution < 1.29 is 9.47 Å². The highest BCUT2D eigenvalue weighted by atomic mass is 16.5. The second-order valence-corrected chi connectivity index (χ2v) is 5.18. The Labute approximate surface area is 121 Å². The second-order valence-electron chi connectivity index (χ2n) is 5.18. The SMILES string of the molecule is CNc1cc(C2CCCC2)nc(CCOCCOC)n1. The fraction of sp³-hybridized carbons (Fsp3) is 0.733. The van der Waals surface area contributed by atoms with Gasteiger partial charge in [0.25, 0.3) is 0 Å². The van der Waals surface area contributed by atoms with Crippen LogP contribution in [0.1, 0.15) is 43.1 Å². The van der Waals surface area contributed by atoms with Gasteiger partial charge < -0.3 is 14.8 Å². The van der Waals surface area contributed by atoms with Gasteiger partial charge in [-0.15, -0.1) is 0 Å². The minimum atomic E-state index is 0.609. The van der Waals surface area contributed by atoms with Crippen LogP contribution in [-0.4, -0.2) is 43.9 Å². The molecule has 0 radical (unpaired) electrons. The van der Waals surface area contributed by atoms with E-state index in [9.17, 15) is 0 Å². The number of methoxy groups -OCH3 is 1. The Hall–Kier alpha value is -1.20. The summed E-state index contributed by atoms with van der Waals surface area (Å²) in [6.45, 7) is 1.89. The molecule has 0 unspecified atom stereocenters. The minimum absolute atomic E-state index is 0.609. The average Bonchev–Trinajstić information content (AvgIpc) is 3.01. The van der Waals surface area contributed by atoms with Crippen molar-refractivity contribution >= 4 is 5.82 Å². The molecule has 0 aromatic carbocycles. The summed E-state index contributed by atoms with van der Waals surface area (Å²) in [4.78, 5) is 9.23. The standard InChI is InChI=1S/C15H25N3O2/c1-16-15-11-13(12-5-3-4-6-12)17-14(18-15)7-8-20-10-9-19-2/h11-12H,3-10H2,1-2H3,(H,16,17,18). The monoisotopic (exact) mass is 279 g/mol. The van der Waals surface area contributed by atoms with E-state index in [1.807, 2.05) is 7.05 Å². The molecule has 1 N–H and O–H groups in total. The van der Waals surface area contributed by atoms with Gasteiger partial charge in [0.15, 0.2) is 0 Å². The number of ether oxygens (including phenoxy) is 2. The largest absolute Gasteiger partial charge is 0.382 e. The molecule has 1 aliphatic rings. The van der Waals surface area contributed by atoms with E-state index in [0.717, 1.165) is 18.1 Å². The van der Waals surface area contributed by atoms with Crippen LogP contribution in [0.2, 0.25) is 0 Å². The quantitative estimate of drug-likeness (QED) is 0.740. The van der Waals surface area contributed by atoms with Gasteiger partial charge in [-0.3, -0.25) is 0 Å². The number of hydrogen-bond acceptors (Lipinski definition) is 5. The van der Waals surface area contributed by atoms with Crippen LogP contribution in [-0.2, 0) is 15.9 Å². The van der Waals surface area contributed by atoms with Gasteiger partial charge in [0.2, 0.25) is 0 Å². The molecule has 2 rings (SSSR count). The summed E-state index contributed by atoms with van der Waals surface area (Å²) in [6.07, 6.45) is 5.89. The second kappa shape index (κ2) is 8.17. The van der Waals surface area contributed by atoms with E-state index >= 15 is 0 Å². The van der Waals surface area contributed by atoms with Crippen molar-refractivity contribution in [3.05, 3.63) is 17.6 Å². The van der Waals surface area contributed by atoms with Crippen molar-refractivity contribution in [1.82, 2.24) is 9.97 Å². The maximum Gasteiger partial charge on any atom is 0.133 e. The van der Waals surface area contributed by atoms with Crippen molar-refractivity contribution in [2.75, 3.05) is 39.3 Å². The first kappa shape index (κ1) is 15.2. The Morgan fingerprint density at radius 1 is 1.20 bits per heavy atom. The van der Waals surface area contributed by atoms with Gasteiger partial charge in [0, 0.05) is 38.3 Å². The van der Waals surface area contributed by atoms with Crippen molar-refractivity contribution in [2.24, 2.45) is 0 Å². The lowest BCUT2D eigenvalue weighted by Crippen LogP contribution is -2.10. The highest BCUT2D eigenvalue weighted by Gasteiger charge is 2.19. The summed E-state index contributed by atoms with van der Waals surface area (Å²) in [5.74, 6) is 2.39. The molecule has 0 aliphatic heterocycles. The van der Waals surface area contributed by atoms with Crippen LogP contribution in [0.3, 0.4) is 0 Å². The third-order valence-corrected chi connectivity index (χ3v) is 3.72. The van der Waals surface area contributed by atoms with Crippen LogP contribution < -0.4 is 5.32 Å². The highest BCUT2D eigenvalue weighted by Crippen LogP contribution is 2.33. The Kier molecular flexibility index (Phi) is 6.21. The molecule has 1 aromatic rings. The molecule has 5 heteroatoms. The van der Waals surface area contributed by atoms with Crippen LogP contribution in [0.25, 0.3) is 0 Å². The first-order valence-electron chi connectivity index (χ1n) is 7.45. The smallest absolute Gasteiger partial charge is 0.133 e. The molecule has 112 valence electrons. The summed E-state index contributed by atoms with van der Waals surface area (Å²) in [5, 5.41) is 3.13. The fourth-order valence-corrected chi connectivity index (χ4v) is 2.60. The molecule has 5 nitrogen and oxygen atoms in total. The Balaban J connectivity index is 1.94. The third kappa shape index (κ3) is 4.42.